The maximum atomic E-state index is 6.14. The molecule has 0 bridgehead atoms. The van der Waals surface area contributed by atoms with Crippen LogP contribution in [0.4, 0.5) is 0 Å². The first-order chi connectivity index (χ1) is 8.94. The summed E-state index contributed by atoms with van der Waals surface area (Å²) in [6, 6.07) is 10.5. The Kier molecular flexibility index (Phi) is 4.64. The summed E-state index contributed by atoms with van der Waals surface area (Å²) < 4.78 is 7.20. The van der Waals surface area contributed by atoms with E-state index in [0.29, 0.717) is 12.0 Å². The zero-order valence-corrected chi connectivity index (χ0v) is 12.8. The topological polar surface area (TPSA) is 9.23 Å². The van der Waals surface area contributed by atoms with Crippen LogP contribution in [-0.2, 0) is 11.3 Å². The molecule has 1 aliphatic rings. The number of ether oxygens (including phenoxy) is 1. The van der Waals surface area contributed by atoms with E-state index in [4.69, 9.17) is 4.74 Å². The lowest BCUT2D eigenvalue weighted by atomic mass is 10.1. The van der Waals surface area contributed by atoms with Crippen molar-refractivity contribution < 1.29 is 9.22 Å². The van der Waals surface area contributed by atoms with E-state index in [1.807, 2.05) is 0 Å². The maximum Gasteiger partial charge on any atom is 0.0810 e. The molecule has 1 saturated carbocycles. The van der Waals surface area contributed by atoms with Crippen LogP contribution in [0.15, 0.2) is 30.3 Å². The van der Waals surface area contributed by atoms with E-state index in [0.717, 1.165) is 17.0 Å². The molecule has 3 atom stereocenters. The van der Waals surface area contributed by atoms with E-state index in [2.05, 4.69) is 58.4 Å². The van der Waals surface area contributed by atoms with Crippen LogP contribution in [0.3, 0.4) is 0 Å². The summed E-state index contributed by atoms with van der Waals surface area (Å²) in [7, 11) is 6.84. The maximum absolute atomic E-state index is 6.14. The van der Waals surface area contributed by atoms with E-state index < -0.39 is 0 Å². The molecule has 0 heterocycles. The Labute approximate surface area is 118 Å². The van der Waals surface area contributed by atoms with Crippen molar-refractivity contribution in [2.75, 3.05) is 27.7 Å². The van der Waals surface area contributed by atoms with Crippen molar-refractivity contribution in [2.45, 2.75) is 32.5 Å². The third kappa shape index (κ3) is 4.63. The highest BCUT2D eigenvalue weighted by Crippen LogP contribution is 2.34. The lowest BCUT2D eigenvalue weighted by Gasteiger charge is -2.27. The standard InChI is InChI=1S/C17H28NO/c1-14-10-16(12-18(2,3)4)11-17(14)19-13-15-8-6-5-7-9-15/h5-9,14,16-17H,10-13H2,1-4H3/q+1/t14-,16+,17-/m0/s1. The Balaban J connectivity index is 1.82. The van der Waals surface area contributed by atoms with Crippen LogP contribution in [0.2, 0.25) is 0 Å². The molecule has 19 heavy (non-hydrogen) atoms. The normalized spacial score (nSPS) is 27.7. The zero-order valence-electron chi connectivity index (χ0n) is 12.8. The Bertz CT molecular complexity index is 382. The molecule has 1 aromatic rings. The van der Waals surface area contributed by atoms with Gasteiger partial charge in [-0.05, 0) is 24.3 Å². The Morgan fingerprint density at radius 2 is 1.79 bits per heavy atom. The van der Waals surface area contributed by atoms with Gasteiger partial charge in [0, 0.05) is 5.92 Å². The van der Waals surface area contributed by atoms with E-state index in [1.54, 1.807) is 0 Å². The van der Waals surface area contributed by atoms with Crippen LogP contribution in [0.25, 0.3) is 0 Å². The molecule has 2 heteroatoms. The van der Waals surface area contributed by atoms with Gasteiger partial charge in [-0.15, -0.1) is 0 Å². The van der Waals surface area contributed by atoms with Gasteiger partial charge in [0.2, 0.25) is 0 Å². The van der Waals surface area contributed by atoms with Gasteiger partial charge in [0.1, 0.15) is 0 Å². The van der Waals surface area contributed by atoms with Gasteiger partial charge in [0.05, 0.1) is 40.4 Å². The smallest absolute Gasteiger partial charge is 0.0810 e. The minimum atomic E-state index is 0.441. The van der Waals surface area contributed by atoms with E-state index in [9.17, 15) is 0 Å². The van der Waals surface area contributed by atoms with Crippen LogP contribution in [-0.4, -0.2) is 38.3 Å². The summed E-state index contributed by atoms with van der Waals surface area (Å²) in [5.74, 6) is 1.51. The molecular weight excluding hydrogens is 234 g/mol. The minimum absolute atomic E-state index is 0.441. The monoisotopic (exact) mass is 262 g/mol. The fourth-order valence-corrected chi connectivity index (χ4v) is 3.27. The molecule has 106 valence electrons. The molecule has 0 aromatic heterocycles. The van der Waals surface area contributed by atoms with Crippen LogP contribution < -0.4 is 0 Å². The van der Waals surface area contributed by atoms with Crippen molar-refractivity contribution in [3.63, 3.8) is 0 Å². The summed E-state index contributed by atoms with van der Waals surface area (Å²) in [5.41, 5.74) is 1.28. The van der Waals surface area contributed by atoms with Gasteiger partial charge in [0.25, 0.3) is 0 Å². The second kappa shape index (κ2) is 6.06. The first-order valence-corrected chi connectivity index (χ1v) is 7.40. The van der Waals surface area contributed by atoms with Gasteiger partial charge in [-0.3, -0.25) is 0 Å². The summed E-state index contributed by atoms with van der Waals surface area (Å²) in [5, 5.41) is 0. The van der Waals surface area contributed by atoms with Crippen molar-refractivity contribution in [3.8, 4) is 0 Å². The lowest BCUT2D eigenvalue weighted by molar-refractivity contribution is -0.873. The molecule has 0 spiro atoms. The molecule has 1 aromatic carbocycles. The number of benzene rings is 1. The predicted molar refractivity (Wildman–Crippen MR) is 79.8 cm³/mol. The van der Waals surface area contributed by atoms with Gasteiger partial charge in [-0.25, -0.2) is 0 Å². The van der Waals surface area contributed by atoms with Gasteiger partial charge < -0.3 is 9.22 Å². The van der Waals surface area contributed by atoms with Crippen molar-refractivity contribution in [2.24, 2.45) is 11.8 Å². The summed E-state index contributed by atoms with van der Waals surface area (Å²) in [6.45, 7) is 4.35. The number of nitrogens with zero attached hydrogens (tertiary/aromatic N) is 1. The summed E-state index contributed by atoms with van der Waals surface area (Å²) >= 11 is 0. The summed E-state index contributed by atoms with van der Waals surface area (Å²) in [6.07, 6.45) is 2.98. The molecule has 2 nitrogen and oxygen atoms in total. The van der Waals surface area contributed by atoms with Crippen molar-refractivity contribution >= 4 is 0 Å². The third-order valence-corrected chi connectivity index (χ3v) is 4.02. The highest BCUT2D eigenvalue weighted by atomic mass is 16.5. The van der Waals surface area contributed by atoms with Crippen molar-refractivity contribution in [3.05, 3.63) is 35.9 Å². The largest absolute Gasteiger partial charge is 0.373 e. The number of rotatable bonds is 5. The number of hydrogen-bond donors (Lipinski definition) is 0. The van der Waals surface area contributed by atoms with Crippen LogP contribution >= 0.6 is 0 Å². The summed E-state index contributed by atoms with van der Waals surface area (Å²) in [4.78, 5) is 0. The average molecular weight is 262 g/mol. The first kappa shape index (κ1) is 14.5. The van der Waals surface area contributed by atoms with Gasteiger partial charge in [-0.2, -0.15) is 0 Å². The van der Waals surface area contributed by atoms with Crippen LogP contribution in [0, 0.1) is 11.8 Å². The lowest BCUT2D eigenvalue weighted by Crippen LogP contribution is -2.38. The fourth-order valence-electron chi connectivity index (χ4n) is 3.27. The van der Waals surface area contributed by atoms with Crippen LogP contribution in [0.1, 0.15) is 25.3 Å². The van der Waals surface area contributed by atoms with Crippen molar-refractivity contribution in [1.29, 1.82) is 0 Å². The van der Waals surface area contributed by atoms with Gasteiger partial charge in [-0.1, -0.05) is 37.3 Å². The van der Waals surface area contributed by atoms with Gasteiger partial charge in [0.15, 0.2) is 0 Å². The molecule has 0 aliphatic heterocycles. The van der Waals surface area contributed by atoms with E-state index in [-0.39, 0.29) is 0 Å². The van der Waals surface area contributed by atoms with E-state index >= 15 is 0 Å². The van der Waals surface area contributed by atoms with Crippen molar-refractivity contribution in [1.82, 2.24) is 0 Å². The van der Waals surface area contributed by atoms with Crippen LogP contribution in [0.5, 0.6) is 0 Å². The molecule has 0 unspecified atom stereocenters. The predicted octanol–water partition coefficient (Wildman–Crippen LogP) is 3.32. The fraction of sp³-hybridized carbons (Fsp3) is 0.647. The average Bonchev–Trinajstić information content (AvgIpc) is 2.66. The SMILES string of the molecule is C[C@H]1C[C@@H](C[N+](C)(C)C)C[C@@H]1OCc1ccccc1. The second-order valence-electron chi connectivity index (χ2n) is 7.12. The van der Waals surface area contributed by atoms with Gasteiger partial charge >= 0.3 is 0 Å². The first-order valence-electron chi connectivity index (χ1n) is 7.40. The second-order valence-corrected chi connectivity index (χ2v) is 7.12. The Hall–Kier alpha value is -0.860. The highest BCUT2D eigenvalue weighted by Gasteiger charge is 2.34. The Morgan fingerprint density at radius 3 is 2.42 bits per heavy atom. The molecule has 1 aliphatic carbocycles. The third-order valence-electron chi connectivity index (χ3n) is 4.02. The molecule has 0 N–H and O–H groups in total. The molecule has 0 amide bonds. The molecule has 0 radical (unpaired) electrons. The minimum Gasteiger partial charge on any atom is -0.373 e. The highest BCUT2D eigenvalue weighted by molar-refractivity contribution is 5.13. The molecule has 0 saturated heterocycles. The molecule has 2 rings (SSSR count). The number of hydrogen-bond acceptors (Lipinski definition) is 1. The zero-order chi connectivity index (χ0) is 13.9. The number of quaternary nitrogens is 1. The quantitative estimate of drug-likeness (QED) is 0.740. The molecular formula is C17H28NO+. The Morgan fingerprint density at radius 1 is 1.11 bits per heavy atom. The molecule has 1 fully saturated rings. The van der Waals surface area contributed by atoms with E-state index in [1.165, 1.54) is 24.9 Å².